The molecule has 5 saturated heterocycles. The number of hydrogen-bond donors (Lipinski definition) is 3. The third-order valence-corrected chi connectivity index (χ3v) is 13.0. The van der Waals surface area contributed by atoms with Crippen LogP contribution in [-0.4, -0.2) is 106 Å². The van der Waals surface area contributed by atoms with Gasteiger partial charge in [0, 0.05) is 49.6 Å². The van der Waals surface area contributed by atoms with Gasteiger partial charge in [0.15, 0.2) is 11.6 Å². The predicted molar refractivity (Wildman–Crippen MR) is 173 cm³/mol. The zero-order valence-electron chi connectivity index (χ0n) is 31.5. The molecule has 5 fully saturated rings. The molecule has 5 N–H and O–H groups in total. The van der Waals surface area contributed by atoms with Crippen molar-refractivity contribution in [3.05, 3.63) is 0 Å². The smallest absolute Gasteiger partial charge is 0.550 e. The van der Waals surface area contributed by atoms with Crippen molar-refractivity contribution in [2.75, 3.05) is 13.7 Å². The van der Waals surface area contributed by atoms with E-state index >= 15 is 0 Å². The number of carboxylic acid groups (broad SMARTS) is 1. The van der Waals surface area contributed by atoms with Crippen LogP contribution in [-0.2, 0) is 33.2 Å². The Morgan fingerprint density at radius 1 is 1.04 bits per heavy atom. The maximum atomic E-state index is 11.7. The zero-order valence-corrected chi connectivity index (χ0v) is 33.5. The second-order valence-corrected chi connectivity index (χ2v) is 16.3. The van der Waals surface area contributed by atoms with Gasteiger partial charge in [0.1, 0.15) is 0 Å². The van der Waals surface area contributed by atoms with E-state index in [-0.39, 0.29) is 89.0 Å². The summed E-state index contributed by atoms with van der Waals surface area (Å²) >= 11 is 0. The van der Waals surface area contributed by atoms with Gasteiger partial charge in [0.05, 0.1) is 60.5 Å². The van der Waals surface area contributed by atoms with Crippen molar-refractivity contribution in [3.63, 3.8) is 0 Å². The molecule has 13 heteroatoms. The van der Waals surface area contributed by atoms with Gasteiger partial charge in [-0.25, -0.2) is 0 Å². The van der Waals surface area contributed by atoms with Gasteiger partial charge in [-0.15, -0.1) is 0 Å². The van der Waals surface area contributed by atoms with Crippen LogP contribution in [0.3, 0.4) is 0 Å². The summed E-state index contributed by atoms with van der Waals surface area (Å²) in [5.74, 6) is -4.97. The number of aliphatic hydroxyl groups is 3. The molecule has 12 nitrogen and oxygen atoms in total. The van der Waals surface area contributed by atoms with Crippen LogP contribution >= 0.6 is 0 Å². The Kier molecular flexibility index (Phi) is 14.4. The summed E-state index contributed by atoms with van der Waals surface area (Å²) in [5.41, 5.74) is -1.16. The fraction of sp³-hybridized carbons (Fsp3) is 0.972. The maximum Gasteiger partial charge on any atom is 1.00 e. The molecule has 49 heavy (non-hydrogen) atoms. The number of ether oxygens (including phenoxy) is 6. The Labute approximate surface area is 314 Å². The van der Waals surface area contributed by atoms with E-state index in [1.807, 2.05) is 20.8 Å². The molecular formula is C36H63NaO12. The second kappa shape index (κ2) is 16.2. The molecule has 0 aromatic carbocycles. The van der Waals surface area contributed by atoms with E-state index in [0.717, 1.165) is 32.1 Å². The molecule has 0 bridgehead atoms. The monoisotopic (exact) mass is 710 g/mol. The van der Waals surface area contributed by atoms with Crippen molar-refractivity contribution < 1.29 is 88.7 Å². The van der Waals surface area contributed by atoms with Crippen molar-refractivity contribution in [1.29, 1.82) is 0 Å². The molecule has 0 aromatic heterocycles. The standard InChI is InChI=1S/C36H62O11.Na.H2O/c1-10-34(31-20(3)16-26(43-31)28-19(2)15-21(4)36(41,18-37)46-28)12-11-27(44-34)33(8)13-14-35(47-33)17-25(38)22(5)30(45-35)23(6)29(42-9)24(7)32(39)40;;/h19-31,37-38,41H,10-18H2,1-9H3,(H,39,40);;1H2/q;+1;/p-1/t19-,20-,21?,22+,23-,24?,25-,26+,27+,28?,29+,30-,31?,33-,34-,35+,36-;;/m0../s1. The first-order chi connectivity index (χ1) is 22.0. The molecule has 5 rings (SSSR count). The van der Waals surface area contributed by atoms with Gasteiger partial charge in [-0.05, 0) is 57.3 Å². The summed E-state index contributed by atoms with van der Waals surface area (Å²) in [7, 11) is 1.50. The van der Waals surface area contributed by atoms with Gasteiger partial charge in [0.2, 0.25) is 0 Å². The molecule has 0 aliphatic carbocycles. The van der Waals surface area contributed by atoms with Crippen LogP contribution in [0, 0.1) is 35.5 Å². The number of carbonyl (C=O) groups excluding carboxylic acids is 1. The molecule has 5 aliphatic heterocycles. The number of carbonyl (C=O) groups is 1. The minimum atomic E-state index is -1.57. The van der Waals surface area contributed by atoms with Gasteiger partial charge in [0.25, 0.3) is 0 Å². The number of aliphatic hydroxyl groups excluding tert-OH is 2. The largest absolute Gasteiger partial charge is 1.00 e. The zero-order chi connectivity index (χ0) is 34.7. The topological polar surface area (TPSA) is 188 Å². The van der Waals surface area contributed by atoms with Crippen molar-refractivity contribution in [3.8, 4) is 0 Å². The van der Waals surface area contributed by atoms with Crippen LogP contribution in [0.1, 0.15) is 107 Å². The van der Waals surface area contributed by atoms with Crippen LogP contribution in [0.15, 0.2) is 0 Å². The number of methoxy groups -OCH3 is 1. The fourth-order valence-electron chi connectivity index (χ4n) is 9.91. The second-order valence-electron chi connectivity index (χ2n) is 16.3. The van der Waals surface area contributed by atoms with Crippen LogP contribution in [0.5, 0.6) is 0 Å². The molecule has 1 spiro atoms. The molecule has 0 amide bonds. The third-order valence-electron chi connectivity index (χ3n) is 13.0. The summed E-state index contributed by atoms with van der Waals surface area (Å²) in [6.45, 7) is 15.4. The molecule has 5 aliphatic rings. The van der Waals surface area contributed by atoms with E-state index in [4.69, 9.17) is 28.4 Å². The van der Waals surface area contributed by atoms with Gasteiger partial charge in [-0.1, -0.05) is 48.5 Å². The number of aliphatic carboxylic acids is 1. The van der Waals surface area contributed by atoms with Gasteiger partial charge in [-0.2, -0.15) is 0 Å². The quantitative estimate of drug-likeness (QED) is 0.239. The van der Waals surface area contributed by atoms with Gasteiger partial charge >= 0.3 is 29.6 Å². The van der Waals surface area contributed by atoms with E-state index in [1.165, 1.54) is 7.11 Å². The Bertz CT molecular complexity index is 1120. The van der Waals surface area contributed by atoms with Gasteiger partial charge < -0.3 is 59.1 Å². The molecule has 0 saturated carbocycles. The number of hydrogen-bond acceptors (Lipinski definition) is 11. The van der Waals surface area contributed by atoms with Crippen molar-refractivity contribution in [2.24, 2.45) is 35.5 Å². The summed E-state index contributed by atoms with van der Waals surface area (Å²) in [6.07, 6.45) is 2.81. The number of carboxylic acids is 1. The minimum Gasteiger partial charge on any atom is -0.550 e. The van der Waals surface area contributed by atoms with E-state index < -0.39 is 59.6 Å². The SMILES string of the molecule is CC[C@@]1(C2O[C@@H](C3O[C@@](O)(CO)C(C)C[C@@H]3C)C[C@@H]2C)CC[C@H]([C@]2(C)CC[C@]3(C[C@H](O)[C@@H](C)[C@@H]([C@@H](C)[C@@H](OC)C(C)C(=O)[O-])O3)O2)O1.O.[Na+]. The molecular weight excluding hydrogens is 647 g/mol. The van der Waals surface area contributed by atoms with Crippen molar-refractivity contribution in [1.82, 2.24) is 0 Å². The molecule has 4 unspecified atom stereocenters. The summed E-state index contributed by atoms with van der Waals surface area (Å²) in [4.78, 5) is 11.7. The Morgan fingerprint density at radius 2 is 1.71 bits per heavy atom. The Hall–Kier alpha value is 0.0700. The Morgan fingerprint density at radius 3 is 2.31 bits per heavy atom. The Balaban J connectivity index is 0.00000325. The number of rotatable bonds is 10. The molecule has 0 aromatic rings. The van der Waals surface area contributed by atoms with E-state index in [1.54, 1.807) is 6.92 Å². The molecule has 17 atom stereocenters. The summed E-state index contributed by atoms with van der Waals surface area (Å²) in [5, 5.41) is 43.9. The van der Waals surface area contributed by atoms with Crippen molar-refractivity contribution in [2.45, 2.75) is 172 Å². The van der Waals surface area contributed by atoms with E-state index in [2.05, 4.69) is 27.7 Å². The van der Waals surface area contributed by atoms with Crippen LogP contribution in [0.25, 0.3) is 0 Å². The van der Waals surface area contributed by atoms with Gasteiger partial charge in [-0.3, -0.25) is 0 Å². The minimum absolute atomic E-state index is 0. The third kappa shape index (κ3) is 7.98. The average molecular weight is 711 g/mol. The fourth-order valence-corrected chi connectivity index (χ4v) is 9.91. The maximum absolute atomic E-state index is 11.7. The first-order valence-electron chi connectivity index (χ1n) is 18.1. The van der Waals surface area contributed by atoms with Crippen LogP contribution < -0.4 is 34.7 Å². The molecule has 5 heterocycles. The first-order valence-corrected chi connectivity index (χ1v) is 18.1. The van der Waals surface area contributed by atoms with Crippen molar-refractivity contribution >= 4 is 5.97 Å². The summed E-state index contributed by atoms with van der Waals surface area (Å²) in [6, 6.07) is 0. The van der Waals surface area contributed by atoms with Crippen LogP contribution in [0.2, 0.25) is 0 Å². The molecule has 0 radical (unpaired) electrons. The predicted octanol–water partition coefficient (Wildman–Crippen LogP) is -0.882. The first kappa shape index (κ1) is 43.5. The van der Waals surface area contributed by atoms with E-state index in [0.29, 0.717) is 19.3 Å². The van der Waals surface area contributed by atoms with E-state index in [9.17, 15) is 25.2 Å². The average Bonchev–Trinajstić information content (AvgIpc) is 3.73. The van der Waals surface area contributed by atoms with Crippen LogP contribution in [0.4, 0.5) is 0 Å². The summed E-state index contributed by atoms with van der Waals surface area (Å²) < 4.78 is 39.3. The normalized spacial score (nSPS) is 48.8. The molecule has 280 valence electrons.